The van der Waals surface area contributed by atoms with Gasteiger partial charge in [0.25, 0.3) is 12.4 Å². The SMILES string of the molecule is CC(=O)O.O.O=C=O.O=CO[O-].O=O.[C-]#C.[HH].[Na+].[Na+]. The van der Waals surface area contributed by atoms with Gasteiger partial charge in [0, 0.05) is 18.3 Å². The van der Waals surface area contributed by atoms with E-state index >= 15 is 0 Å². The van der Waals surface area contributed by atoms with E-state index in [0.717, 1.165) is 6.92 Å². The molecule has 0 aromatic carbocycles. The van der Waals surface area contributed by atoms with Crippen LogP contribution in [-0.2, 0) is 24.1 Å². The molecule has 0 saturated heterocycles. The topological polar surface area (TPSA) is 186 Å². The van der Waals surface area contributed by atoms with E-state index in [-0.39, 0.29) is 78.6 Å². The molecule has 0 heterocycles. The Morgan fingerprint density at radius 2 is 1.44 bits per heavy atom. The van der Waals surface area contributed by atoms with Crippen molar-refractivity contribution in [3.8, 4) is 6.42 Å². The van der Waals surface area contributed by atoms with Gasteiger partial charge in [0.1, 0.15) is 0 Å². The molecule has 10 nitrogen and oxygen atoms in total. The molecule has 3 N–H and O–H groups in total. The van der Waals surface area contributed by atoms with Crippen LogP contribution in [0.2, 0.25) is 0 Å². The molecule has 0 saturated carbocycles. The fourth-order valence-electron chi connectivity index (χ4n) is 0. The van der Waals surface area contributed by atoms with E-state index in [4.69, 9.17) is 45.9 Å². The molecule has 0 aliphatic heterocycles. The summed E-state index contributed by atoms with van der Waals surface area (Å²) in [5.74, 6) is -0.833. The van der Waals surface area contributed by atoms with Crippen LogP contribution in [-0.4, -0.2) is 29.2 Å². The van der Waals surface area contributed by atoms with Crippen LogP contribution in [0.1, 0.15) is 8.35 Å². The number of rotatable bonds is 1. The predicted molar refractivity (Wildman–Crippen MR) is 46.1 cm³/mol. The zero-order valence-corrected chi connectivity index (χ0v) is 13.9. The van der Waals surface area contributed by atoms with E-state index in [1.54, 1.807) is 0 Å². The zero-order chi connectivity index (χ0) is 13.7. The minimum Gasteiger partial charge on any atom is -0.697 e. The normalized spacial score (nSPS) is 3.33. The van der Waals surface area contributed by atoms with E-state index < -0.39 is 5.97 Å². The van der Waals surface area contributed by atoms with Gasteiger partial charge in [0.15, 0.2) is 0 Å². The van der Waals surface area contributed by atoms with Crippen LogP contribution in [0.4, 0.5) is 0 Å². The number of carbonyl (C=O) groups excluding carboxylic acids is 3. The van der Waals surface area contributed by atoms with E-state index in [2.05, 4.69) is 11.3 Å². The first kappa shape index (κ1) is 53.0. The standard InChI is InChI=1S/C2H4O2.C2H.CH2O3.CO2.2Na.O2.H2O.H2/c1-2(3)4;1-2;2-1-4-3;2-1-3;;;1-2;;/h1H3,(H,3,4);1H;1,3H;;;;;1H2;1H/q;-1;;;2*+1;;;/p-1. The van der Waals surface area contributed by atoms with Crippen LogP contribution < -0.4 is 64.4 Å². The third-order valence-corrected chi connectivity index (χ3v) is 0.0393. The maximum atomic E-state index is 9.00. The first-order valence-corrected chi connectivity index (χ1v) is 2.43. The monoisotopic (exact) mass is 288 g/mol. The minimum atomic E-state index is -0.833. The second-order valence-electron chi connectivity index (χ2n) is 0.795. The summed E-state index contributed by atoms with van der Waals surface area (Å²) in [7, 11) is 0. The van der Waals surface area contributed by atoms with Crippen LogP contribution >= 0.6 is 0 Å². The Kier molecular flexibility index (Phi) is 392. The third kappa shape index (κ3) is 20000. The van der Waals surface area contributed by atoms with E-state index in [0.29, 0.717) is 0 Å². The summed E-state index contributed by atoms with van der Waals surface area (Å²) in [6.07, 6.45) is 9.25. The summed E-state index contributed by atoms with van der Waals surface area (Å²) in [5.41, 5.74) is 0. The Hall–Kier alpha value is -0.600. The molecule has 0 bridgehead atoms. The molecule has 0 atom stereocenters. The maximum Gasteiger partial charge on any atom is 1.00 e. The van der Waals surface area contributed by atoms with Crippen molar-refractivity contribution in [2.45, 2.75) is 6.92 Å². The van der Waals surface area contributed by atoms with Crippen LogP contribution in [0.15, 0.2) is 0 Å². The van der Waals surface area contributed by atoms with Crippen molar-refractivity contribution >= 4 is 18.6 Å². The largest absolute Gasteiger partial charge is 1.00 e. The van der Waals surface area contributed by atoms with Crippen molar-refractivity contribution in [3.63, 3.8) is 0 Å². The summed E-state index contributed by atoms with van der Waals surface area (Å²) in [6, 6.07) is 0. The van der Waals surface area contributed by atoms with Gasteiger partial charge in [0.2, 0.25) is 0 Å². The molecule has 0 fully saturated rings. The summed E-state index contributed by atoms with van der Waals surface area (Å²) >= 11 is 0. The van der Waals surface area contributed by atoms with Gasteiger partial charge in [0.05, 0.1) is 0 Å². The van der Waals surface area contributed by atoms with Crippen LogP contribution in [0, 0.1) is 22.8 Å². The van der Waals surface area contributed by atoms with Crippen molar-refractivity contribution in [2.75, 3.05) is 0 Å². The number of carboxylic acids is 1. The Morgan fingerprint density at radius 3 is 1.44 bits per heavy atom. The minimum absolute atomic E-state index is 0. The molecule has 0 aliphatic rings. The number of aliphatic carboxylic acids is 1. The first-order chi connectivity index (χ1) is 7.06. The Bertz CT molecular complexity index is 178. The smallest absolute Gasteiger partial charge is 0.697 e. The average molecular weight is 288 g/mol. The van der Waals surface area contributed by atoms with Crippen molar-refractivity contribution in [1.82, 2.24) is 0 Å². The average Bonchev–Trinajstić information content (AvgIpc) is 2.24. The molecule has 0 aliphatic carbocycles. The van der Waals surface area contributed by atoms with Crippen LogP contribution in [0.3, 0.4) is 0 Å². The predicted octanol–water partition coefficient (Wildman–Crippen LogP) is -8.36. The quantitative estimate of drug-likeness (QED) is 0.122. The Balaban J connectivity index is -0.00000000918. The molecular weight excluding hydrogens is 278 g/mol. The number of hydrogen-bond acceptors (Lipinski definition) is 8. The number of carbonyl (C=O) groups is 2. The Labute approximate surface area is 148 Å². The fourth-order valence-corrected chi connectivity index (χ4v) is 0. The first-order valence-electron chi connectivity index (χ1n) is 2.43. The van der Waals surface area contributed by atoms with Gasteiger partial charge in [-0.05, 0) is 0 Å². The molecule has 0 radical (unpaired) electrons. The molecule has 96 valence electrons. The zero-order valence-electron chi connectivity index (χ0n) is 9.87. The molecule has 12 heteroatoms. The number of hydrogen-bond donors (Lipinski definition) is 1. The molecule has 0 aromatic rings. The second kappa shape index (κ2) is 133. The van der Waals surface area contributed by atoms with Gasteiger partial charge in [-0.25, -0.2) is 0 Å². The molecule has 0 rings (SSSR count). The maximum absolute atomic E-state index is 9.00. The number of carboxylic acid groups (broad SMARTS) is 1. The van der Waals surface area contributed by atoms with Crippen LogP contribution in [0.5, 0.6) is 0 Å². The van der Waals surface area contributed by atoms with E-state index in [1.165, 1.54) is 0 Å². The van der Waals surface area contributed by atoms with Gasteiger partial charge in [-0.2, -0.15) is 9.59 Å². The summed E-state index contributed by atoms with van der Waals surface area (Å²) < 4.78 is 0. The van der Waals surface area contributed by atoms with E-state index in [9.17, 15) is 0 Å². The summed E-state index contributed by atoms with van der Waals surface area (Å²) in [6.45, 7) is 0.903. The molecular formula is C6H10Na2O10. The Morgan fingerprint density at radius 1 is 1.39 bits per heavy atom. The van der Waals surface area contributed by atoms with Crippen molar-refractivity contribution in [3.05, 3.63) is 16.4 Å². The van der Waals surface area contributed by atoms with E-state index in [1.807, 2.05) is 0 Å². The van der Waals surface area contributed by atoms with Crippen molar-refractivity contribution in [2.24, 2.45) is 0 Å². The molecule has 0 aromatic heterocycles. The van der Waals surface area contributed by atoms with Gasteiger partial charge < -0.3 is 33.6 Å². The summed E-state index contributed by atoms with van der Waals surface area (Å²) in [4.78, 5) is 50.5. The third-order valence-electron chi connectivity index (χ3n) is 0.0393. The summed E-state index contributed by atoms with van der Waals surface area (Å²) in [5, 5.41) is 15.8. The molecule has 0 spiro atoms. The fraction of sp³-hybridized carbons (Fsp3) is 0.167. The molecule has 0 unspecified atom stereocenters. The van der Waals surface area contributed by atoms with Crippen molar-refractivity contribution in [1.29, 1.82) is 0 Å². The second-order valence-corrected chi connectivity index (χ2v) is 0.795. The van der Waals surface area contributed by atoms with Gasteiger partial charge in [-0.15, -0.1) is 0 Å². The van der Waals surface area contributed by atoms with Gasteiger partial charge >= 0.3 is 65.3 Å². The molecule has 18 heavy (non-hydrogen) atoms. The van der Waals surface area contributed by atoms with Gasteiger partial charge in [-0.3, -0.25) is 9.59 Å². The number of terminal acetylenes is 1. The molecule has 0 amide bonds. The van der Waals surface area contributed by atoms with Crippen LogP contribution in [0.25, 0.3) is 0 Å². The van der Waals surface area contributed by atoms with Crippen molar-refractivity contribution < 1.29 is 100 Å². The van der Waals surface area contributed by atoms with Gasteiger partial charge in [-0.1, -0.05) is 0 Å².